The molecule has 2 aromatic rings. The van der Waals surface area contributed by atoms with Crippen molar-refractivity contribution in [2.75, 3.05) is 14.2 Å². The third-order valence-corrected chi connectivity index (χ3v) is 3.43. The first-order chi connectivity index (χ1) is 10.4. The quantitative estimate of drug-likeness (QED) is 0.811. The number of rotatable bonds is 3. The average Bonchev–Trinajstić information content (AvgIpc) is 2.91. The van der Waals surface area contributed by atoms with E-state index >= 15 is 0 Å². The van der Waals surface area contributed by atoms with Crippen molar-refractivity contribution in [2.45, 2.75) is 20.8 Å². The van der Waals surface area contributed by atoms with E-state index in [0.29, 0.717) is 22.7 Å². The van der Waals surface area contributed by atoms with Gasteiger partial charge in [0, 0.05) is 0 Å². The van der Waals surface area contributed by atoms with Gasteiger partial charge in [-0.05, 0) is 32.4 Å². The molecule has 6 nitrogen and oxygen atoms in total. The van der Waals surface area contributed by atoms with Crippen LogP contribution in [0, 0.1) is 20.8 Å². The van der Waals surface area contributed by atoms with Crippen LogP contribution in [0.3, 0.4) is 0 Å². The lowest BCUT2D eigenvalue weighted by Crippen LogP contribution is -2.16. The highest BCUT2D eigenvalue weighted by atomic mass is 16.5. The Hall–Kier alpha value is -2.63. The zero-order chi connectivity index (χ0) is 16.4. The van der Waals surface area contributed by atoms with Gasteiger partial charge in [0.05, 0.1) is 48.6 Å². The largest absolute Gasteiger partial charge is 0.465 e. The predicted octanol–water partition coefficient (Wildman–Crippen LogP) is 2.84. The minimum absolute atomic E-state index is 0.201. The van der Waals surface area contributed by atoms with Gasteiger partial charge in [-0.3, -0.25) is 4.98 Å². The molecule has 0 atom stereocenters. The van der Waals surface area contributed by atoms with Crippen LogP contribution >= 0.6 is 0 Å². The fraction of sp³-hybridized carbons (Fsp3) is 0.312. The second-order valence-electron chi connectivity index (χ2n) is 4.82. The van der Waals surface area contributed by atoms with Crippen LogP contribution in [0.25, 0.3) is 11.3 Å². The molecule has 0 saturated carbocycles. The van der Waals surface area contributed by atoms with Crippen molar-refractivity contribution < 1.29 is 23.5 Å². The molecule has 0 fully saturated rings. The average molecular weight is 303 g/mol. The second kappa shape index (κ2) is 6.01. The zero-order valence-corrected chi connectivity index (χ0v) is 13.1. The monoisotopic (exact) mass is 303 g/mol. The Balaban J connectivity index is 2.94. The van der Waals surface area contributed by atoms with Crippen LogP contribution in [0.1, 0.15) is 37.7 Å². The SMILES string of the molecule is COC(=O)c1c(C)nc(C)c(C(=O)OC)c1-c1occc1C. The lowest BCUT2D eigenvalue weighted by molar-refractivity contribution is 0.0598. The highest BCUT2D eigenvalue weighted by Crippen LogP contribution is 2.34. The number of ether oxygens (including phenoxy) is 2. The van der Waals surface area contributed by atoms with E-state index in [2.05, 4.69) is 4.98 Å². The van der Waals surface area contributed by atoms with Crippen LogP contribution in [0.2, 0.25) is 0 Å². The minimum atomic E-state index is -0.582. The van der Waals surface area contributed by atoms with Crippen LogP contribution in [0.5, 0.6) is 0 Å². The molecule has 0 aromatic carbocycles. The van der Waals surface area contributed by atoms with Gasteiger partial charge >= 0.3 is 11.9 Å². The molecule has 0 amide bonds. The van der Waals surface area contributed by atoms with E-state index in [0.717, 1.165) is 5.56 Å². The number of nitrogens with zero attached hydrogens (tertiary/aromatic N) is 1. The highest BCUT2D eigenvalue weighted by molar-refractivity contribution is 6.06. The van der Waals surface area contributed by atoms with E-state index in [9.17, 15) is 9.59 Å². The van der Waals surface area contributed by atoms with Crippen molar-refractivity contribution in [3.63, 3.8) is 0 Å². The Kier molecular flexibility index (Phi) is 4.30. The summed E-state index contributed by atoms with van der Waals surface area (Å²) in [5.41, 5.74) is 2.47. The number of furan rings is 1. The van der Waals surface area contributed by atoms with Crippen LogP contribution in [0.4, 0.5) is 0 Å². The Morgan fingerprint density at radius 3 is 1.86 bits per heavy atom. The van der Waals surface area contributed by atoms with Gasteiger partial charge in [-0.25, -0.2) is 9.59 Å². The van der Waals surface area contributed by atoms with E-state index in [-0.39, 0.29) is 11.1 Å². The molecule has 116 valence electrons. The molecule has 0 N–H and O–H groups in total. The number of esters is 2. The Morgan fingerprint density at radius 1 is 1.00 bits per heavy atom. The summed E-state index contributed by atoms with van der Waals surface area (Å²) in [5.74, 6) is -0.740. The minimum Gasteiger partial charge on any atom is -0.465 e. The van der Waals surface area contributed by atoms with Crippen molar-refractivity contribution in [1.82, 2.24) is 4.98 Å². The molecule has 2 heterocycles. The molecule has 22 heavy (non-hydrogen) atoms. The topological polar surface area (TPSA) is 78.6 Å². The number of aromatic nitrogens is 1. The molecule has 2 rings (SSSR count). The van der Waals surface area contributed by atoms with E-state index in [1.54, 1.807) is 19.9 Å². The van der Waals surface area contributed by atoms with Gasteiger partial charge in [0.2, 0.25) is 0 Å². The Morgan fingerprint density at radius 2 is 1.50 bits per heavy atom. The fourth-order valence-electron chi connectivity index (χ4n) is 2.41. The third kappa shape index (κ3) is 2.47. The second-order valence-corrected chi connectivity index (χ2v) is 4.82. The molecule has 0 saturated heterocycles. The number of carbonyl (C=O) groups is 2. The van der Waals surface area contributed by atoms with Gasteiger partial charge in [0.15, 0.2) is 0 Å². The van der Waals surface area contributed by atoms with Crippen LogP contribution in [-0.4, -0.2) is 31.1 Å². The van der Waals surface area contributed by atoms with Crippen molar-refractivity contribution in [3.8, 4) is 11.3 Å². The summed E-state index contributed by atoms with van der Waals surface area (Å²) < 4.78 is 15.2. The third-order valence-electron chi connectivity index (χ3n) is 3.43. The summed E-state index contributed by atoms with van der Waals surface area (Å²) in [6.07, 6.45) is 1.50. The van der Waals surface area contributed by atoms with Crippen molar-refractivity contribution >= 4 is 11.9 Å². The number of hydrogen-bond donors (Lipinski definition) is 0. The van der Waals surface area contributed by atoms with Gasteiger partial charge in [-0.2, -0.15) is 0 Å². The van der Waals surface area contributed by atoms with Gasteiger partial charge in [0.1, 0.15) is 5.76 Å². The lowest BCUT2D eigenvalue weighted by atomic mass is 9.95. The molecule has 6 heteroatoms. The molecule has 0 aliphatic heterocycles. The van der Waals surface area contributed by atoms with Crippen molar-refractivity contribution in [1.29, 1.82) is 0 Å². The summed E-state index contributed by atoms with van der Waals surface area (Å²) >= 11 is 0. The predicted molar refractivity (Wildman–Crippen MR) is 78.8 cm³/mol. The number of pyridine rings is 1. The normalized spacial score (nSPS) is 10.4. The lowest BCUT2D eigenvalue weighted by Gasteiger charge is -2.15. The Labute approximate surface area is 128 Å². The van der Waals surface area contributed by atoms with Gasteiger partial charge < -0.3 is 13.9 Å². The van der Waals surface area contributed by atoms with Gasteiger partial charge in [-0.1, -0.05) is 0 Å². The summed E-state index contributed by atoms with van der Waals surface area (Å²) in [4.78, 5) is 28.6. The standard InChI is InChI=1S/C16H17NO5/c1-8-6-7-22-14(8)13-11(15(18)20-4)9(2)17-10(3)12(13)16(19)21-5/h6-7H,1-5H3. The maximum Gasteiger partial charge on any atom is 0.340 e. The molecule has 0 aliphatic carbocycles. The maximum absolute atomic E-state index is 12.2. The first kappa shape index (κ1) is 15.8. The number of methoxy groups -OCH3 is 2. The number of hydrogen-bond acceptors (Lipinski definition) is 6. The molecule has 0 bridgehead atoms. The molecule has 0 radical (unpaired) electrons. The first-order valence-corrected chi connectivity index (χ1v) is 6.64. The summed E-state index contributed by atoms with van der Waals surface area (Å²) in [7, 11) is 2.55. The molecule has 0 unspecified atom stereocenters. The highest BCUT2D eigenvalue weighted by Gasteiger charge is 2.29. The smallest absolute Gasteiger partial charge is 0.340 e. The molecule has 2 aromatic heterocycles. The van der Waals surface area contributed by atoms with Crippen molar-refractivity contribution in [2.24, 2.45) is 0 Å². The summed E-state index contributed by atoms with van der Waals surface area (Å²) in [6.45, 7) is 5.19. The maximum atomic E-state index is 12.2. The van der Waals surface area contributed by atoms with E-state index in [1.807, 2.05) is 6.92 Å². The summed E-state index contributed by atoms with van der Waals surface area (Å²) in [5, 5.41) is 0. The Bertz CT molecular complexity index is 705. The van der Waals surface area contributed by atoms with Crippen molar-refractivity contribution in [3.05, 3.63) is 40.4 Å². The zero-order valence-electron chi connectivity index (χ0n) is 13.1. The first-order valence-electron chi connectivity index (χ1n) is 6.64. The molecule has 0 aliphatic rings. The molecule has 0 spiro atoms. The van der Waals surface area contributed by atoms with Gasteiger partial charge in [0.25, 0.3) is 0 Å². The molecular weight excluding hydrogens is 286 g/mol. The van der Waals surface area contributed by atoms with Crippen LogP contribution < -0.4 is 0 Å². The van der Waals surface area contributed by atoms with E-state index < -0.39 is 11.9 Å². The fourth-order valence-corrected chi connectivity index (χ4v) is 2.41. The van der Waals surface area contributed by atoms with E-state index in [4.69, 9.17) is 13.9 Å². The van der Waals surface area contributed by atoms with E-state index in [1.165, 1.54) is 20.5 Å². The number of aryl methyl sites for hydroxylation is 3. The van der Waals surface area contributed by atoms with Crippen LogP contribution in [-0.2, 0) is 9.47 Å². The number of carbonyl (C=O) groups excluding carboxylic acids is 2. The molecular formula is C16H17NO5. The van der Waals surface area contributed by atoms with Crippen LogP contribution in [0.15, 0.2) is 16.7 Å². The summed E-state index contributed by atoms with van der Waals surface area (Å²) in [6, 6.07) is 1.75. The van der Waals surface area contributed by atoms with Gasteiger partial charge in [-0.15, -0.1) is 0 Å².